The molecular formula is C22H22N4O3S. The lowest BCUT2D eigenvalue weighted by molar-refractivity contribution is -0.384. The Hall–Kier alpha value is -3.10. The van der Waals surface area contributed by atoms with Gasteiger partial charge in [0.15, 0.2) is 5.78 Å². The molecule has 0 saturated carbocycles. The van der Waals surface area contributed by atoms with Crippen molar-refractivity contribution in [3.63, 3.8) is 0 Å². The third-order valence-corrected chi connectivity index (χ3v) is 5.90. The summed E-state index contributed by atoms with van der Waals surface area (Å²) in [5, 5.41) is 13.8. The number of carbonyl (C=O) groups excluding carboxylic acids is 1. The third-order valence-electron chi connectivity index (χ3n) is 5.27. The maximum Gasteiger partial charge on any atom is 0.293 e. The highest BCUT2D eigenvalue weighted by Gasteiger charge is 2.24. The Balaban J connectivity index is 1.53. The van der Waals surface area contributed by atoms with Crippen molar-refractivity contribution in [1.29, 1.82) is 0 Å². The lowest BCUT2D eigenvalue weighted by atomic mass is 10.0. The van der Waals surface area contributed by atoms with E-state index in [2.05, 4.69) is 20.2 Å². The Morgan fingerprint density at radius 3 is 2.63 bits per heavy atom. The number of aromatic nitrogens is 1. The monoisotopic (exact) mass is 422 g/mol. The van der Waals surface area contributed by atoms with Gasteiger partial charge in [0, 0.05) is 55.3 Å². The van der Waals surface area contributed by atoms with Gasteiger partial charge in [0.2, 0.25) is 0 Å². The number of benzene rings is 2. The van der Waals surface area contributed by atoms with E-state index >= 15 is 0 Å². The quantitative estimate of drug-likeness (QED) is 0.339. The lowest BCUT2D eigenvalue weighted by Crippen LogP contribution is -2.31. The number of anilines is 1. The van der Waals surface area contributed by atoms with Crippen LogP contribution in [0.1, 0.15) is 28.0 Å². The zero-order chi connectivity index (χ0) is 20.9. The molecule has 2 heterocycles. The fourth-order valence-electron chi connectivity index (χ4n) is 3.75. The molecule has 1 aliphatic rings. The molecular weight excluding hydrogens is 400 g/mol. The average Bonchev–Trinajstić information content (AvgIpc) is 3.17. The van der Waals surface area contributed by atoms with E-state index in [1.165, 1.54) is 6.07 Å². The van der Waals surface area contributed by atoms with Crippen LogP contribution in [0.5, 0.6) is 0 Å². The van der Waals surface area contributed by atoms with Crippen LogP contribution >= 0.6 is 11.3 Å². The number of nitro benzene ring substituents is 1. The van der Waals surface area contributed by atoms with E-state index in [9.17, 15) is 14.9 Å². The average molecular weight is 423 g/mol. The van der Waals surface area contributed by atoms with Gasteiger partial charge in [0.1, 0.15) is 5.69 Å². The van der Waals surface area contributed by atoms with E-state index < -0.39 is 4.92 Å². The lowest BCUT2D eigenvalue weighted by Gasteiger charge is -2.23. The van der Waals surface area contributed by atoms with Crippen molar-refractivity contribution in [2.45, 2.75) is 13.0 Å². The molecule has 0 spiro atoms. The zero-order valence-electron chi connectivity index (χ0n) is 16.4. The first-order valence-corrected chi connectivity index (χ1v) is 10.8. The maximum atomic E-state index is 12.7. The van der Waals surface area contributed by atoms with Crippen LogP contribution in [0.2, 0.25) is 0 Å². The van der Waals surface area contributed by atoms with Crippen LogP contribution in [0.15, 0.2) is 59.4 Å². The largest absolute Gasteiger partial charge is 0.365 e. The van der Waals surface area contributed by atoms with E-state index in [1.54, 1.807) is 47.7 Å². The second-order valence-corrected chi connectivity index (χ2v) is 7.97. The number of nitrogens with zero attached hydrogens (tertiary/aromatic N) is 4. The normalized spacial score (nSPS) is 15.0. The molecule has 1 aliphatic heterocycles. The van der Waals surface area contributed by atoms with Gasteiger partial charge < -0.3 is 4.90 Å². The van der Waals surface area contributed by atoms with Gasteiger partial charge in [-0.1, -0.05) is 30.3 Å². The molecule has 0 amide bonds. The van der Waals surface area contributed by atoms with Crippen molar-refractivity contribution in [3.05, 3.63) is 86.4 Å². The Kier molecular flexibility index (Phi) is 6.15. The van der Waals surface area contributed by atoms with Crippen molar-refractivity contribution >= 4 is 28.5 Å². The summed E-state index contributed by atoms with van der Waals surface area (Å²) in [4.78, 5) is 32.8. The Labute approximate surface area is 178 Å². The first-order chi connectivity index (χ1) is 14.6. The Morgan fingerprint density at radius 1 is 1.07 bits per heavy atom. The molecule has 2 aromatic carbocycles. The van der Waals surface area contributed by atoms with Gasteiger partial charge in [-0.2, -0.15) is 0 Å². The standard InChI is InChI=1S/C22H22N4O3S/c27-22(17-5-2-1-3-6-17)18-7-8-20(21(13-18)26(28)29)25-10-4-9-24(11-12-25)14-19-15-30-16-23-19/h1-3,5-8,13,15-16H,4,9-12,14H2. The van der Waals surface area contributed by atoms with Gasteiger partial charge >= 0.3 is 0 Å². The molecule has 8 heteroatoms. The van der Waals surface area contributed by atoms with Crippen LogP contribution in [-0.2, 0) is 6.54 Å². The fraction of sp³-hybridized carbons (Fsp3) is 0.273. The molecule has 0 aliphatic carbocycles. The number of nitro groups is 1. The highest BCUT2D eigenvalue weighted by Crippen LogP contribution is 2.31. The van der Waals surface area contributed by atoms with Crippen LogP contribution in [0.25, 0.3) is 0 Å². The fourth-order valence-corrected chi connectivity index (χ4v) is 4.30. The molecule has 7 nitrogen and oxygen atoms in total. The summed E-state index contributed by atoms with van der Waals surface area (Å²) in [5.74, 6) is -0.212. The predicted molar refractivity (Wildman–Crippen MR) is 117 cm³/mol. The highest BCUT2D eigenvalue weighted by atomic mass is 32.1. The Morgan fingerprint density at radius 2 is 1.90 bits per heavy atom. The van der Waals surface area contributed by atoms with Gasteiger partial charge in [0.05, 0.1) is 16.1 Å². The third kappa shape index (κ3) is 4.55. The minimum Gasteiger partial charge on any atom is -0.365 e. The number of carbonyl (C=O) groups is 1. The number of thiazole rings is 1. The summed E-state index contributed by atoms with van der Waals surface area (Å²) in [6.07, 6.45) is 0.909. The number of ketones is 1. The van der Waals surface area contributed by atoms with Gasteiger partial charge in [-0.3, -0.25) is 19.8 Å². The first kappa shape index (κ1) is 20.2. The molecule has 1 fully saturated rings. The number of hydrogen-bond donors (Lipinski definition) is 0. The van der Waals surface area contributed by atoms with E-state index in [-0.39, 0.29) is 11.5 Å². The van der Waals surface area contributed by atoms with Gasteiger partial charge in [-0.25, -0.2) is 4.98 Å². The summed E-state index contributed by atoms with van der Waals surface area (Å²) in [7, 11) is 0. The maximum absolute atomic E-state index is 12.7. The molecule has 1 aromatic heterocycles. The molecule has 30 heavy (non-hydrogen) atoms. The number of hydrogen-bond acceptors (Lipinski definition) is 7. The second kappa shape index (κ2) is 9.15. The van der Waals surface area contributed by atoms with Gasteiger partial charge in [-0.05, 0) is 18.6 Å². The highest BCUT2D eigenvalue weighted by molar-refractivity contribution is 7.07. The summed E-state index contributed by atoms with van der Waals surface area (Å²) >= 11 is 1.59. The van der Waals surface area contributed by atoms with Crippen molar-refractivity contribution in [2.24, 2.45) is 0 Å². The SMILES string of the molecule is O=C(c1ccccc1)c1ccc(N2CCCN(Cc3cscn3)CC2)c([N+](=O)[O-])c1. The van der Waals surface area contributed by atoms with Gasteiger partial charge in [-0.15, -0.1) is 11.3 Å². The molecule has 154 valence electrons. The minimum absolute atomic E-state index is 0.0234. The van der Waals surface area contributed by atoms with Crippen LogP contribution in [0.3, 0.4) is 0 Å². The van der Waals surface area contributed by atoms with Crippen molar-refractivity contribution in [3.8, 4) is 0 Å². The second-order valence-electron chi connectivity index (χ2n) is 7.25. The van der Waals surface area contributed by atoms with Crippen LogP contribution in [0, 0.1) is 10.1 Å². The van der Waals surface area contributed by atoms with Crippen molar-refractivity contribution in [1.82, 2.24) is 9.88 Å². The van der Waals surface area contributed by atoms with E-state index in [0.29, 0.717) is 23.4 Å². The molecule has 0 bridgehead atoms. The topological polar surface area (TPSA) is 79.6 Å². The summed E-state index contributed by atoms with van der Waals surface area (Å²) < 4.78 is 0. The zero-order valence-corrected chi connectivity index (χ0v) is 17.3. The van der Waals surface area contributed by atoms with Crippen LogP contribution in [0.4, 0.5) is 11.4 Å². The molecule has 3 aromatic rings. The Bertz CT molecular complexity index is 1020. The molecule has 0 radical (unpaired) electrons. The van der Waals surface area contributed by atoms with Crippen molar-refractivity contribution in [2.75, 3.05) is 31.1 Å². The smallest absolute Gasteiger partial charge is 0.293 e. The minimum atomic E-state index is -0.394. The first-order valence-electron chi connectivity index (χ1n) is 9.84. The van der Waals surface area contributed by atoms with Crippen molar-refractivity contribution < 1.29 is 9.72 Å². The molecule has 0 atom stereocenters. The molecule has 4 rings (SSSR count). The summed E-state index contributed by atoms with van der Waals surface area (Å²) in [5.41, 5.74) is 4.29. The predicted octanol–water partition coefficient (Wildman–Crippen LogP) is 3.99. The summed E-state index contributed by atoms with van der Waals surface area (Å²) in [6.45, 7) is 3.95. The molecule has 0 N–H and O–H groups in total. The number of rotatable bonds is 6. The van der Waals surface area contributed by atoms with E-state index in [0.717, 1.165) is 38.3 Å². The van der Waals surface area contributed by atoms with Gasteiger partial charge in [0.25, 0.3) is 5.69 Å². The molecule has 0 unspecified atom stereocenters. The molecule has 1 saturated heterocycles. The van der Waals surface area contributed by atoms with E-state index in [4.69, 9.17) is 0 Å². The van der Waals surface area contributed by atoms with Crippen LogP contribution < -0.4 is 4.90 Å². The van der Waals surface area contributed by atoms with E-state index in [1.807, 2.05) is 11.6 Å². The van der Waals surface area contributed by atoms with Crippen LogP contribution in [-0.4, -0.2) is 46.8 Å². The summed E-state index contributed by atoms with van der Waals surface area (Å²) in [6, 6.07) is 13.6.